The molecule has 5 rings (SSSR count). The second-order valence-electron chi connectivity index (χ2n) is 8.86. The van der Waals surface area contributed by atoms with Gasteiger partial charge in [-0.05, 0) is 13.0 Å². The van der Waals surface area contributed by atoms with Crippen LogP contribution in [-0.2, 0) is 25.7 Å². The van der Waals surface area contributed by atoms with Crippen LogP contribution < -0.4 is 4.90 Å². The Morgan fingerprint density at radius 2 is 2.09 bits per heavy atom. The SMILES string of the molecule is CCC(=O)N1CCS(=O)(=Nc2cc(N3CCOC[C@H]3C)nc(-c3ccnc4c3C=CC4)n2)CC1. The number of carbonyl (C=O) groups is 1. The van der Waals surface area contributed by atoms with Crippen molar-refractivity contribution in [1.29, 1.82) is 0 Å². The smallest absolute Gasteiger partial charge is 0.222 e. The normalized spacial score (nSPS) is 21.4. The number of allylic oxidation sites excluding steroid dienone is 1. The van der Waals surface area contributed by atoms with Gasteiger partial charge >= 0.3 is 0 Å². The maximum Gasteiger partial charge on any atom is 0.222 e. The summed E-state index contributed by atoms with van der Waals surface area (Å²) in [6.45, 7) is 6.84. The monoisotopic (exact) mass is 482 g/mol. The average Bonchev–Trinajstić information content (AvgIpc) is 3.33. The fourth-order valence-corrected chi connectivity index (χ4v) is 6.44. The Morgan fingerprint density at radius 3 is 2.85 bits per heavy atom. The molecule has 2 aromatic rings. The first-order valence-corrected chi connectivity index (χ1v) is 13.7. The van der Waals surface area contributed by atoms with Crippen LogP contribution in [0.5, 0.6) is 0 Å². The minimum Gasteiger partial charge on any atom is -0.377 e. The van der Waals surface area contributed by atoms with Gasteiger partial charge in [-0.1, -0.05) is 19.1 Å². The zero-order valence-electron chi connectivity index (χ0n) is 19.6. The lowest BCUT2D eigenvalue weighted by atomic mass is 10.1. The second-order valence-corrected chi connectivity index (χ2v) is 11.4. The molecule has 0 unspecified atom stereocenters. The Morgan fingerprint density at radius 1 is 1.26 bits per heavy atom. The quantitative estimate of drug-likeness (QED) is 0.660. The molecule has 0 saturated carbocycles. The van der Waals surface area contributed by atoms with Crippen molar-refractivity contribution in [2.75, 3.05) is 49.3 Å². The lowest BCUT2D eigenvalue weighted by Crippen LogP contribution is -2.44. The number of ether oxygens (including phenoxy) is 1. The first kappa shape index (κ1) is 22.9. The van der Waals surface area contributed by atoms with E-state index in [1.807, 2.05) is 19.1 Å². The van der Waals surface area contributed by atoms with E-state index in [0.29, 0.717) is 55.9 Å². The van der Waals surface area contributed by atoms with Gasteiger partial charge in [-0.25, -0.2) is 14.2 Å². The molecule has 2 aliphatic heterocycles. The molecule has 4 heterocycles. The molecule has 0 aromatic carbocycles. The van der Waals surface area contributed by atoms with E-state index >= 15 is 0 Å². The number of hydrogen-bond donors (Lipinski definition) is 0. The second kappa shape index (κ2) is 9.42. The topological polar surface area (TPSA) is 101 Å². The molecule has 0 bridgehead atoms. The highest BCUT2D eigenvalue weighted by Gasteiger charge is 2.26. The van der Waals surface area contributed by atoms with Crippen LogP contribution in [0, 0.1) is 0 Å². The Bertz CT molecular complexity index is 1240. The van der Waals surface area contributed by atoms with Gasteiger partial charge in [-0.2, -0.15) is 4.36 Å². The van der Waals surface area contributed by atoms with Gasteiger partial charge in [-0.3, -0.25) is 9.78 Å². The number of anilines is 1. The Labute approximate surface area is 200 Å². The minimum atomic E-state index is -2.52. The van der Waals surface area contributed by atoms with Gasteiger partial charge in [0.25, 0.3) is 0 Å². The number of aromatic nitrogens is 3. The third kappa shape index (κ3) is 4.56. The van der Waals surface area contributed by atoms with Crippen molar-refractivity contribution < 1.29 is 13.7 Å². The molecular weight excluding hydrogens is 452 g/mol. The summed E-state index contributed by atoms with van der Waals surface area (Å²) < 4.78 is 23.9. The van der Waals surface area contributed by atoms with Gasteiger partial charge in [0, 0.05) is 67.4 Å². The van der Waals surface area contributed by atoms with Crippen molar-refractivity contribution in [3.05, 3.63) is 35.7 Å². The van der Waals surface area contributed by atoms with Crippen LogP contribution in [0.1, 0.15) is 31.5 Å². The van der Waals surface area contributed by atoms with E-state index < -0.39 is 9.73 Å². The molecule has 0 spiro atoms. The van der Waals surface area contributed by atoms with Crippen molar-refractivity contribution in [2.45, 2.75) is 32.7 Å². The molecule has 3 aliphatic rings. The Kier molecular flexibility index (Phi) is 6.35. The molecule has 1 atom stereocenters. The van der Waals surface area contributed by atoms with Crippen molar-refractivity contribution in [3.63, 3.8) is 0 Å². The molecule has 180 valence electrons. The van der Waals surface area contributed by atoms with Gasteiger partial charge in [0.2, 0.25) is 5.91 Å². The summed E-state index contributed by atoms with van der Waals surface area (Å²) in [6, 6.07) is 3.91. The molecule has 34 heavy (non-hydrogen) atoms. The van der Waals surface area contributed by atoms with Crippen LogP contribution in [0.4, 0.5) is 11.6 Å². The molecule has 1 amide bonds. The van der Waals surface area contributed by atoms with Crippen molar-refractivity contribution in [2.24, 2.45) is 4.36 Å². The van der Waals surface area contributed by atoms with E-state index in [1.54, 1.807) is 11.1 Å². The maximum atomic E-state index is 13.6. The third-order valence-electron chi connectivity index (χ3n) is 6.55. The van der Waals surface area contributed by atoms with Crippen LogP contribution >= 0.6 is 0 Å². The molecular formula is C24H30N6O3S. The lowest BCUT2D eigenvalue weighted by Gasteiger charge is -2.34. The standard InChI is InChI=1S/C24H30N6O3S/c1-3-23(31)29-10-13-34(32,14-11-29)28-21-15-22(30-9-12-33-16-17(30)2)27-24(26-21)19-7-8-25-20-6-4-5-18(19)20/h4-5,7-8,15,17H,3,6,9-14,16H2,1-2H3/t17-/m1/s1. The lowest BCUT2D eigenvalue weighted by molar-refractivity contribution is -0.130. The van der Waals surface area contributed by atoms with Crippen LogP contribution in [0.25, 0.3) is 17.5 Å². The summed E-state index contributed by atoms with van der Waals surface area (Å²) in [5.41, 5.74) is 2.93. The number of rotatable bonds is 4. The highest BCUT2D eigenvalue weighted by atomic mass is 32.2. The van der Waals surface area contributed by atoms with Crippen molar-refractivity contribution in [3.8, 4) is 11.4 Å². The number of pyridine rings is 1. The number of fused-ring (bicyclic) bond motifs is 1. The summed E-state index contributed by atoms with van der Waals surface area (Å²) in [5.74, 6) is 2.54. The van der Waals surface area contributed by atoms with E-state index in [0.717, 1.165) is 35.6 Å². The van der Waals surface area contributed by atoms with E-state index in [1.165, 1.54) is 0 Å². The summed E-state index contributed by atoms with van der Waals surface area (Å²) >= 11 is 0. The molecule has 1 aliphatic carbocycles. The first-order chi connectivity index (χ1) is 16.5. The summed E-state index contributed by atoms with van der Waals surface area (Å²) in [4.78, 5) is 30.1. The van der Waals surface area contributed by atoms with Crippen molar-refractivity contribution in [1.82, 2.24) is 19.9 Å². The molecule has 10 heteroatoms. The number of nitrogens with zero attached hydrogens (tertiary/aromatic N) is 6. The van der Waals surface area contributed by atoms with Gasteiger partial charge < -0.3 is 14.5 Å². The highest BCUT2D eigenvalue weighted by molar-refractivity contribution is 7.93. The average molecular weight is 483 g/mol. The van der Waals surface area contributed by atoms with Gasteiger partial charge in [0.05, 0.1) is 34.7 Å². The van der Waals surface area contributed by atoms with Crippen LogP contribution in [-0.4, -0.2) is 80.4 Å². The highest BCUT2D eigenvalue weighted by Crippen LogP contribution is 2.32. The van der Waals surface area contributed by atoms with Crippen LogP contribution in [0.3, 0.4) is 0 Å². The van der Waals surface area contributed by atoms with E-state index in [9.17, 15) is 9.00 Å². The van der Waals surface area contributed by atoms with Crippen LogP contribution in [0.15, 0.2) is 28.8 Å². The van der Waals surface area contributed by atoms with Crippen LogP contribution in [0.2, 0.25) is 0 Å². The molecule has 0 radical (unpaired) electrons. The maximum absolute atomic E-state index is 13.6. The molecule has 9 nitrogen and oxygen atoms in total. The summed E-state index contributed by atoms with van der Waals surface area (Å²) in [6.07, 6.45) is 7.18. The number of carbonyl (C=O) groups excluding carboxylic acids is 1. The van der Waals surface area contributed by atoms with Crippen molar-refractivity contribution >= 4 is 33.3 Å². The number of amides is 1. The third-order valence-corrected chi connectivity index (χ3v) is 8.71. The molecule has 2 aromatic heterocycles. The van der Waals surface area contributed by atoms with E-state index in [4.69, 9.17) is 14.7 Å². The Hall–Kier alpha value is -2.85. The molecule has 0 N–H and O–H groups in total. The number of hydrogen-bond acceptors (Lipinski definition) is 8. The van der Waals surface area contributed by atoms with E-state index in [-0.39, 0.29) is 11.9 Å². The Balaban J connectivity index is 1.56. The van der Waals surface area contributed by atoms with Gasteiger partial charge in [0.15, 0.2) is 11.6 Å². The minimum absolute atomic E-state index is 0.0916. The fourth-order valence-electron chi connectivity index (χ4n) is 4.61. The first-order valence-electron chi connectivity index (χ1n) is 11.8. The zero-order valence-corrected chi connectivity index (χ0v) is 20.5. The van der Waals surface area contributed by atoms with Gasteiger partial charge in [0.1, 0.15) is 5.82 Å². The largest absolute Gasteiger partial charge is 0.377 e. The van der Waals surface area contributed by atoms with E-state index in [2.05, 4.69) is 33.3 Å². The number of morpholine rings is 1. The molecule has 2 saturated heterocycles. The summed E-state index contributed by atoms with van der Waals surface area (Å²) in [5, 5.41) is 0. The zero-order chi connectivity index (χ0) is 23.7. The van der Waals surface area contributed by atoms with Gasteiger partial charge in [-0.15, -0.1) is 0 Å². The molecule has 2 fully saturated rings. The predicted molar refractivity (Wildman–Crippen MR) is 132 cm³/mol. The predicted octanol–water partition coefficient (Wildman–Crippen LogP) is 2.68. The fraction of sp³-hybridized carbons (Fsp3) is 0.500. The summed E-state index contributed by atoms with van der Waals surface area (Å²) in [7, 11) is -2.52.